The molecule has 2 aromatic heterocycles. The number of carbonyl (C=O) groups is 2. The van der Waals surface area contributed by atoms with Crippen LogP contribution in [0.4, 0.5) is 5.95 Å². The van der Waals surface area contributed by atoms with E-state index in [1.165, 1.54) is 24.7 Å². The van der Waals surface area contributed by atoms with E-state index >= 15 is 0 Å². The first kappa shape index (κ1) is 18.3. The summed E-state index contributed by atoms with van der Waals surface area (Å²) in [4.78, 5) is 45.9. The summed E-state index contributed by atoms with van der Waals surface area (Å²) >= 11 is 0. The number of benzene rings is 1. The molecule has 0 spiro atoms. The van der Waals surface area contributed by atoms with Crippen molar-refractivity contribution in [3.8, 4) is 0 Å². The largest absolute Gasteiger partial charge is 0.460 e. The smallest absolute Gasteiger partial charge is 0.302 e. The lowest BCUT2D eigenvalue weighted by molar-refractivity contribution is -0.145. The van der Waals surface area contributed by atoms with Gasteiger partial charge < -0.3 is 10.1 Å². The lowest BCUT2D eigenvalue weighted by Gasteiger charge is -2.18. The van der Waals surface area contributed by atoms with Crippen molar-refractivity contribution in [2.45, 2.75) is 26.4 Å². The topological polar surface area (TPSA) is 119 Å². The molecule has 1 aromatic carbocycles. The van der Waals surface area contributed by atoms with Gasteiger partial charge in [0.05, 0.1) is 6.54 Å². The maximum atomic E-state index is 12.1. The number of hydrogen-bond acceptors (Lipinski definition) is 7. The average Bonchev–Trinajstić information content (AvgIpc) is 3.05. The number of rotatable bonds is 6. The minimum absolute atomic E-state index is 0.0802. The van der Waals surface area contributed by atoms with Crippen LogP contribution in [0, 0.1) is 0 Å². The third-order valence-electron chi connectivity index (χ3n) is 3.88. The quantitative estimate of drug-likeness (QED) is 0.630. The van der Waals surface area contributed by atoms with Crippen LogP contribution in [0.2, 0.25) is 0 Å². The fourth-order valence-electron chi connectivity index (χ4n) is 2.70. The van der Waals surface area contributed by atoms with E-state index in [-0.39, 0.29) is 29.6 Å². The SMILES string of the molecule is CC(=O)OC(CNc1nc2c(ncn2C(C)=O)c(=O)[nH]1)Cc1ccccc1. The number of esters is 1. The first-order chi connectivity index (χ1) is 12.9. The molecule has 27 heavy (non-hydrogen) atoms. The fourth-order valence-corrected chi connectivity index (χ4v) is 2.70. The normalized spacial score (nSPS) is 11.9. The second-order valence-corrected chi connectivity index (χ2v) is 6.02. The highest BCUT2D eigenvalue weighted by Crippen LogP contribution is 2.10. The van der Waals surface area contributed by atoms with Crippen LogP contribution in [0.5, 0.6) is 0 Å². The Balaban J connectivity index is 1.80. The summed E-state index contributed by atoms with van der Waals surface area (Å²) in [5, 5.41) is 2.96. The van der Waals surface area contributed by atoms with E-state index in [4.69, 9.17) is 4.74 Å². The van der Waals surface area contributed by atoms with E-state index in [0.29, 0.717) is 6.42 Å². The second kappa shape index (κ2) is 7.81. The number of hydrogen-bond donors (Lipinski definition) is 2. The molecule has 3 rings (SSSR count). The van der Waals surface area contributed by atoms with Crippen molar-refractivity contribution in [3.63, 3.8) is 0 Å². The van der Waals surface area contributed by atoms with Gasteiger partial charge in [0.2, 0.25) is 11.9 Å². The van der Waals surface area contributed by atoms with Crippen LogP contribution in [0.1, 0.15) is 24.2 Å². The van der Waals surface area contributed by atoms with E-state index in [9.17, 15) is 14.4 Å². The summed E-state index contributed by atoms with van der Waals surface area (Å²) in [5.41, 5.74) is 0.795. The van der Waals surface area contributed by atoms with Gasteiger partial charge in [-0.3, -0.25) is 23.9 Å². The van der Waals surface area contributed by atoms with E-state index in [1.807, 2.05) is 30.3 Å². The Bertz CT molecular complexity index is 1030. The van der Waals surface area contributed by atoms with Crippen molar-refractivity contribution in [3.05, 3.63) is 52.6 Å². The molecular weight excluding hydrogens is 350 g/mol. The Hall–Kier alpha value is -3.49. The number of imidazole rings is 1. The molecule has 0 fully saturated rings. The third kappa shape index (κ3) is 4.38. The van der Waals surface area contributed by atoms with Crippen LogP contribution >= 0.6 is 0 Å². The molecule has 9 heteroatoms. The highest BCUT2D eigenvalue weighted by molar-refractivity contribution is 5.86. The lowest BCUT2D eigenvalue weighted by atomic mass is 10.1. The molecule has 140 valence electrons. The zero-order valence-corrected chi connectivity index (χ0v) is 14.9. The number of fused-ring (bicyclic) bond motifs is 1. The Morgan fingerprint density at radius 1 is 1.26 bits per heavy atom. The Labute approximate surface area is 154 Å². The molecule has 0 saturated heterocycles. The van der Waals surface area contributed by atoms with Gasteiger partial charge in [-0.1, -0.05) is 30.3 Å². The van der Waals surface area contributed by atoms with Crippen LogP contribution in [0.15, 0.2) is 41.5 Å². The first-order valence-corrected chi connectivity index (χ1v) is 8.37. The number of nitrogens with one attached hydrogen (secondary N) is 2. The predicted octanol–water partition coefficient (Wildman–Crippen LogP) is 1.37. The maximum absolute atomic E-state index is 12.1. The van der Waals surface area contributed by atoms with Crippen molar-refractivity contribution >= 4 is 29.0 Å². The fraction of sp³-hybridized carbons (Fsp3) is 0.278. The number of aromatic nitrogens is 4. The second-order valence-electron chi connectivity index (χ2n) is 6.02. The standard InChI is InChI=1S/C18H19N5O4/c1-11(24)23-10-20-15-16(23)21-18(22-17(15)26)19-9-14(27-12(2)25)8-13-6-4-3-5-7-13/h3-7,10,14H,8-9H2,1-2H3,(H2,19,21,22,26). The molecule has 0 bridgehead atoms. The van der Waals surface area contributed by atoms with Crippen LogP contribution in [-0.4, -0.2) is 44.0 Å². The minimum atomic E-state index is -0.463. The summed E-state index contributed by atoms with van der Waals surface area (Å²) in [6.45, 7) is 2.93. The highest BCUT2D eigenvalue weighted by Gasteiger charge is 2.16. The molecular formula is C18H19N5O4. The molecule has 0 aliphatic rings. The van der Waals surface area contributed by atoms with Gasteiger partial charge in [0.15, 0.2) is 11.2 Å². The van der Waals surface area contributed by atoms with Gasteiger partial charge in [-0.25, -0.2) is 4.98 Å². The molecule has 0 aliphatic carbocycles. The van der Waals surface area contributed by atoms with E-state index in [1.54, 1.807) is 0 Å². The zero-order valence-electron chi connectivity index (χ0n) is 14.9. The lowest BCUT2D eigenvalue weighted by Crippen LogP contribution is -2.29. The summed E-state index contributed by atoms with van der Waals surface area (Å²) in [6, 6.07) is 9.60. The average molecular weight is 369 g/mol. The molecule has 0 amide bonds. The Morgan fingerprint density at radius 2 is 2.00 bits per heavy atom. The minimum Gasteiger partial charge on any atom is -0.460 e. The third-order valence-corrected chi connectivity index (χ3v) is 3.88. The van der Waals surface area contributed by atoms with E-state index in [2.05, 4.69) is 20.3 Å². The molecule has 2 heterocycles. The number of nitrogens with zero attached hydrogens (tertiary/aromatic N) is 3. The van der Waals surface area contributed by atoms with Crippen LogP contribution in [-0.2, 0) is 16.0 Å². The predicted molar refractivity (Wildman–Crippen MR) is 98.6 cm³/mol. The van der Waals surface area contributed by atoms with Gasteiger partial charge in [0.1, 0.15) is 12.4 Å². The van der Waals surface area contributed by atoms with Crippen molar-refractivity contribution in [1.82, 2.24) is 19.5 Å². The molecule has 0 radical (unpaired) electrons. The van der Waals surface area contributed by atoms with Gasteiger partial charge >= 0.3 is 5.97 Å². The molecule has 3 aromatic rings. The number of H-pyrrole nitrogens is 1. The molecule has 9 nitrogen and oxygen atoms in total. The summed E-state index contributed by atoms with van der Waals surface area (Å²) < 4.78 is 6.55. The van der Waals surface area contributed by atoms with Gasteiger partial charge in [0, 0.05) is 20.3 Å². The Kier molecular flexibility index (Phi) is 5.30. The number of carbonyl (C=O) groups excluding carboxylic acids is 2. The molecule has 0 aliphatic heterocycles. The molecule has 2 N–H and O–H groups in total. The summed E-state index contributed by atoms with van der Waals surface area (Å²) in [7, 11) is 0. The van der Waals surface area contributed by atoms with Crippen molar-refractivity contribution in [2.75, 3.05) is 11.9 Å². The summed E-state index contributed by atoms with van der Waals surface area (Å²) in [5.74, 6) is -0.534. The highest BCUT2D eigenvalue weighted by atomic mass is 16.5. The molecule has 0 saturated carbocycles. The Morgan fingerprint density at radius 3 is 2.67 bits per heavy atom. The number of ether oxygens (including phenoxy) is 1. The number of anilines is 1. The van der Waals surface area contributed by atoms with Crippen molar-refractivity contribution in [1.29, 1.82) is 0 Å². The first-order valence-electron chi connectivity index (χ1n) is 8.37. The maximum Gasteiger partial charge on any atom is 0.302 e. The van der Waals surface area contributed by atoms with Crippen LogP contribution < -0.4 is 10.9 Å². The molecule has 1 unspecified atom stereocenters. The van der Waals surface area contributed by atoms with Gasteiger partial charge in [-0.2, -0.15) is 4.98 Å². The summed E-state index contributed by atoms with van der Waals surface area (Å²) in [6.07, 6.45) is 1.31. The van der Waals surface area contributed by atoms with Gasteiger partial charge in [-0.15, -0.1) is 0 Å². The van der Waals surface area contributed by atoms with Gasteiger partial charge in [0.25, 0.3) is 5.56 Å². The van der Waals surface area contributed by atoms with E-state index in [0.717, 1.165) is 5.56 Å². The van der Waals surface area contributed by atoms with Crippen molar-refractivity contribution in [2.24, 2.45) is 0 Å². The zero-order chi connectivity index (χ0) is 19.4. The van der Waals surface area contributed by atoms with Gasteiger partial charge in [-0.05, 0) is 5.56 Å². The monoisotopic (exact) mass is 369 g/mol. The van der Waals surface area contributed by atoms with Crippen molar-refractivity contribution < 1.29 is 14.3 Å². The molecule has 1 atom stereocenters. The van der Waals surface area contributed by atoms with Crippen LogP contribution in [0.3, 0.4) is 0 Å². The number of aromatic amines is 1. The van der Waals surface area contributed by atoms with Crippen LogP contribution in [0.25, 0.3) is 11.2 Å². The van der Waals surface area contributed by atoms with E-state index < -0.39 is 17.6 Å².